The van der Waals surface area contributed by atoms with Crippen molar-refractivity contribution in [2.75, 3.05) is 17.4 Å². The van der Waals surface area contributed by atoms with Crippen molar-refractivity contribution in [1.82, 2.24) is 5.01 Å². The Morgan fingerprint density at radius 1 is 0.863 bits per heavy atom. The lowest BCUT2D eigenvalue weighted by Gasteiger charge is -2.50. The molecular formula is C40H33Cl2N3O6. The first-order chi connectivity index (χ1) is 24.6. The van der Waals surface area contributed by atoms with Gasteiger partial charge in [0, 0.05) is 16.5 Å². The number of fused-ring (bicyclic) bond motifs is 4. The average Bonchev–Trinajstić information content (AvgIpc) is 3.51. The molecular weight excluding hydrogens is 689 g/mol. The normalized spacial score (nSPS) is 26.8. The second-order valence-corrected chi connectivity index (χ2v) is 14.4. The van der Waals surface area contributed by atoms with Gasteiger partial charge in [-0.15, -0.1) is 0 Å². The van der Waals surface area contributed by atoms with Crippen molar-refractivity contribution in [3.05, 3.63) is 129 Å². The van der Waals surface area contributed by atoms with E-state index in [9.17, 15) is 19.5 Å². The largest absolute Gasteiger partial charge is 0.507 e. The van der Waals surface area contributed by atoms with Crippen LogP contribution in [-0.2, 0) is 24.6 Å². The zero-order valence-corrected chi connectivity index (χ0v) is 29.2. The number of phenols is 1. The summed E-state index contributed by atoms with van der Waals surface area (Å²) in [5.41, 5.74) is 4.54. The maximum absolute atomic E-state index is 15.3. The number of hydrogen-bond acceptors (Lipinski definition) is 7. The summed E-state index contributed by atoms with van der Waals surface area (Å²) in [4.78, 5) is 59.8. The zero-order chi connectivity index (χ0) is 35.8. The lowest BCUT2D eigenvalue weighted by Crippen LogP contribution is -2.53. The highest BCUT2D eigenvalue weighted by atomic mass is 35.5. The second kappa shape index (κ2) is 12.3. The van der Waals surface area contributed by atoms with Crippen LogP contribution in [-0.4, -0.2) is 40.9 Å². The number of nitrogens with zero attached hydrogens (tertiary/aromatic N) is 2. The van der Waals surface area contributed by atoms with Crippen molar-refractivity contribution in [3.63, 3.8) is 0 Å². The Balaban J connectivity index is 1.35. The molecule has 6 atom stereocenters. The fraction of sp³-hybridized carbons (Fsp3) is 0.250. The molecule has 0 spiro atoms. The van der Waals surface area contributed by atoms with Crippen molar-refractivity contribution < 1.29 is 29.0 Å². The van der Waals surface area contributed by atoms with Crippen LogP contribution in [0.1, 0.15) is 35.4 Å². The van der Waals surface area contributed by atoms with E-state index in [-0.39, 0.29) is 35.4 Å². The number of benzene rings is 4. The number of carbonyl (C=O) groups excluding carboxylic acids is 4. The van der Waals surface area contributed by atoms with Crippen LogP contribution in [0.25, 0.3) is 0 Å². The quantitative estimate of drug-likeness (QED) is 0.160. The lowest BCUT2D eigenvalue weighted by atomic mass is 9.49. The monoisotopic (exact) mass is 721 g/mol. The number of ether oxygens (including phenoxy) is 1. The van der Waals surface area contributed by atoms with Crippen LogP contribution in [0.15, 0.2) is 103 Å². The maximum Gasteiger partial charge on any atom is 0.260 e. The molecule has 51 heavy (non-hydrogen) atoms. The molecule has 1 saturated carbocycles. The molecule has 0 bridgehead atoms. The molecule has 2 aliphatic heterocycles. The van der Waals surface area contributed by atoms with E-state index in [2.05, 4.69) is 5.43 Å². The van der Waals surface area contributed by atoms with Crippen LogP contribution in [0.4, 0.5) is 11.4 Å². The standard InChI is InChI=1S/C40H33Cl2N3O6/c1-21-7-6-10-28(35(21)46)34-26-16-17-27-33(38(49)44(36(27)47)24-8-4-3-5-9-24)29(26)20-30-37(48)45(43-32-18-13-23(41)19-31(32)42)39(50)40(30,34)22-11-14-25(51-2)15-12-22/h3-16,18-19,27,29-30,33-34,43,46H,17,20H2,1-2H3/t27-,29+,30-,33-,34+,40+/m0/s1. The van der Waals surface area contributed by atoms with Gasteiger partial charge in [-0.25, -0.2) is 0 Å². The van der Waals surface area contributed by atoms with Gasteiger partial charge in [0.15, 0.2) is 0 Å². The molecule has 2 N–H and O–H groups in total. The number of nitrogens with one attached hydrogen (secondary N) is 1. The summed E-state index contributed by atoms with van der Waals surface area (Å²) in [6, 6.07) is 25.9. The van der Waals surface area contributed by atoms with Crippen molar-refractivity contribution in [1.29, 1.82) is 0 Å². The number of carbonyl (C=O) groups is 4. The van der Waals surface area contributed by atoms with Crippen LogP contribution in [0.2, 0.25) is 10.0 Å². The number of aromatic hydroxyl groups is 1. The highest BCUT2D eigenvalue weighted by Gasteiger charge is 2.70. The fourth-order valence-corrected chi connectivity index (χ4v) is 9.38. The van der Waals surface area contributed by atoms with Crippen molar-refractivity contribution in [2.24, 2.45) is 23.7 Å². The number of aryl methyl sites for hydroxylation is 1. The molecule has 0 unspecified atom stereocenters. The Hall–Kier alpha value is -5.12. The molecule has 8 rings (SSSR count). The number of methoxy groups -OCH3 is 1. The number of phenolic OH excluding ortho intramolecular Hbond substituents is 1. The highest BCUT2D eigenvalue weighted by molar-refractivity contribution is 6.36. The first kappa shape index (κ1) is 33.0. The van der Waals surface area contributed by atoms with Gasteiger partial charge in [0.2, 0.25) is 11.8 Å². The molecule has 258 valence electrons. The van der Waals surface area contributed by atoms with Crippen LogP contribution >= 0.6 is 23.2 Å². The Kier molecular flexibility index (Phi) is 7.96. The van der Waals surface area contributed by atoms with E-state index < -0.39 is 46.8 Å². The van der Waals surface area contributed by atoms with Gasteiger partial charge < -0.3 is 9.84 Å². The van der Waals surface area contributed by atoms with Crippen molar-refractivity contribution in [3.8, 4) is 11.5 Å². The van der Waals surface area contributed by atoms with Gasteiger partial charge in [0.25, 0.3) is 11.8 Å². The maximum atomic E-state index is 15.3. The van der Waals surface area contributed by atoms with Gasteiger partial charge >= 0.3 is 0 Å². The van der Waals surface area contributed by atoms with E-state index in [1.54, 1.807) is 86.8 Å². The SMILES string of the molecule is COc1ccc([C@@]23C(=O)N(Nc4ccc(Cl)cc4Cl)C(=O)[C@@H]2C[C@@H]2C(=CC[C@@H]4C(=O)N(c5ccccc5)C(=O)[C@@H]42)[C@@H]3c2cccc(C)c2O)cc1. The number of amides is 4. The molecule has 4 aromatic carbocycles. The van der Waals surface area contributed by atoms with E-state index in [0.29, 0.717) is 38.8 Å². The smallest absolute Gasteiger partial charge is 0.260 e. The molecule has 4 amide bonds. The lowest BCUT2D eigenvalue weighted by molar-refractivity contribution is -0.138. The van der Waals surface area contributed by atoms with Gasteiger partial charge in [0.1, 0.15) is 11.5 Å². The minimum Gasteiger partial charge on any atom is -0.507 e. The predicted molar refractivity (Wildman–Crippen MR) is 192 cm³/mol. The predicted octanol–water partition coefficient (Wildman–Crippen LogP) is 7.21. The number of allylic oxidation sites excluding steroid dienone is 2. The third kappa shape index (κ3) is 4.82. The Labute approximate surface area is 304 Å². The third-order valence-corrected chi connectivity index (χ3v) is 11.7. The molecule has 0 radical (unpaired) electrons. The van der Waals surface area contributed by atoms with Gasteiger partial charge in [-0.3, -0.25) is 29.5 Å². The van der Waals surface area contributed by atoms with Crippen LogP contribution < -0.4 is 15.1 Å². The summed E-state index contributed by atoms with van der Waals surface area (Å²) in [6.07, 6.45) is 2.34. The van der Waals surface area contributed by atoms with E-state index >= 15 is 4.79 Å². The summed E-state index contributed by atoms with van der Waals surface area (Å²) in [6.45, 7) is 1.77. The number of rotatable bonds is 6. The molecule has 9 nitrogen and oxygen atoms in total. The van der Waals surface area contributed by atoms with Gasteiger partial charge in [0.05, 0.1) is 46.7 Å². The van der Waals surface area contributed by atoms with E-state index in [0.717, 1.165) is 10.6 Å². The first-order valence-electron chi connectivity index (χ1n) is 16.7. The molecule has 2 saturated heterocycles. The number of para-hydroxylation sites is 2. The van der Waals surface area contributed by atoms with E-state index in [1.807, 2.05) is 18.2 Å². The molecule has 4 aromatic rings. The summed E-state index contributed by atoms with van der Waals surface area (Å²) in [5.74, 6) is -5.00. The highest BCUT2D eigenvalue weighted by Crippen LogP contribution is 2.65. The van der Waals surface area contributed by atoms with E-state index in [1.165, 1.54) is 11.0 Å². The van der Waals surface area contributed by atoms with Crippen LogP contribution in [0.3, 0.4) is 0 Å². The molecule has 3 fully saturated rings. The molecule has 0 aromatic heterocycles. The van der Waals surface area contributed by atoms with Crippen LogP contribution in [0.5, 0.6) is 11.5 Å². The van der Waals surface area contributed by atoms with Crippen molar-refractivity contribution >= 4 is 58.2 Å². The average molecular weight is 723 g/mol. The molecule has 11 heteroatoms. The first-order valence-corrected chi connectivity index (χ1v) is 17.5. The number of anilines is 2. The Morgan fingerprint density at radius 2 is 1.61 bits per heavy atom. The van der Waals surface area contributed by atoms with E-state index in [4.69, 9.17) is 27.9 Å². The van der Waals surface area contributed by atoms with Crippen LogP contribution in [0, 0.1) is 30.6 Å². The second-order valence-electron chi connectivity index (χ2n) is 13.6. The fourth-order valence-electron chi connectivity index (χ4n) is 8.93. The van der Waals surface area contributed by atoms with Crippen molar-refractivity contribution in [2.45, 2.75) is 31.1 Å². The minimum absolute atomic E-state index is 0.00930. The molecule has 4 aliphatic rings. The van der Waals surface area contributed by atoms with Gasteiger partial charge in [-0.2, -0.15) is 5.01 Å². The number of halogens is 2. The topological polar surface area (TPSA) is 116 Å². The minimum atomic E-state index is -1.57. The summed E-state index contributed by atoms with van der Waals surface area (Å²) in [5, 5.41) is 13.4. The number of hydrogen-bond donors (Lipinski definition) is 2. The summed E-state index contributed by atoms with van der Waals surface area (Å²) < 4.78 is 5.46. The van der Waals surface area contributed by atoms with Gasteiger partial charge in [-0.1, -0.05) is 83.4 Å². The van der Waals surface area contributed by atoms with Gasteiger partial charge in [-0.05, 0) is 79.3 Å². The molecule has 2 aliphatic carbocycles. The molecule has 2 heterocycles. The summed E-state index contributed by atoms with van der Waals surface area (Å²) >= 11 is 12.7. The number of hydrazine groups is 1. The third-order valence-electron chi connectivity index (χ3n) is 11.2. The zero-order valence-electron chi connectivity index (χ0n) is 27.7. The Bertz CT molecular complexity index is 2160. The summed E-state index contributed by atoms with van der Waals surface area (Å²) in [7, 11) is 1.54. The Morgan fingerprint density at radius 3 is 2.31 bits per heavy atom. The number of imide groups is 2.